The highest BCUT2D eigenvalue weighted by Gasteiger charge is 2.15. The van der Waals surface area contributed by atoms with Crippen molar-refractivity contribution in [2.75, 3.05) is 13.6 Å². The van der Waals surface area contributed by atoms with Gasteiger partial charge in [0.1, 0.15) is 0 Å². The monoisotopic (exact) mass is 139 g/mol. The van der Waals surface area contributed by atoms with Crippen molar-refractivity contribution >= 4 is 0 Å². The zero-order valence-corrected chi connectivity index (χ0v) is 7.22. The Morgan fingerprint density at radius 2 is 2.40 bits per heavy atom. The smallest absolute Gasteiger partial charge is 0.0276 e. The van der Waals surface area contributed by atoms with E-state index in [0.717, 1.165) is 0 Å². The molecule has 0 saturated heterocycles. The maximum absolute atomic E-state index is 2.42. The number of hydrogen-bond acceptors (Lipinski definition) is 1. The number of nitrogens with zero attached hydrogens (tertiary/aromatic N) is 1. The van der Waals surface area contributed by atoms with Gasteiger partial charge in [-0.15, -0.1) is 0 Å². The third-order valence-electron chi connectivity index (χ3n) is 2.49. The van der Waals surface area contributed by atoms with Crippen LogP contribution in [0.25, 0.3) is 0 Å². The average Bonchev–Trinajstić information content (AvgIpc) is 1.95. The summed E-state index contributed by atoms with van der Waals surface area (Å²) in [6.07, 6.45) is 4.85. The second kappa shape index (κ2) is 3.20. The van der Waals surface area contributed by atoms with Gasteiger partial charge in [-0.25, -0.2) is 0 Å². The van der Waals surface area contributed by atoms with Gasteiger partial charge in [0.2, 0.25) is 0 Å². The fourth-order valence-corrected chi connectivity index (χ4v) is 1.54. The summed E-state index contributed by atoms with van der Waals surface area (Å²) in [4.78, 5) is 2.42. The lowest BCUT2D eigenvalue weighted by atomic mass is 10.00. The molecule has 0 radical (unpaired) electrons. The summed E-state index contributed by atoms with van der Waals surface area (Å²) in [7, 11) is 2.20. The molecule has 1 aliphatic heterocycles. The molecule has 0 saturated carbocycles. The molecule has 1 unspecified atom stereocenters. The van der Waals surface area contributed by atoms with Crippen molar-refractivity contribution in [1.82, 2.24) is 4.90 Å². The van der Waals surface area contributed by atoms with Gasteiger partial charge >= 0.3 is 0 Å². The molecule has 1 aliphatic rings. The maximum Gasteiger partial charge on any atom is 0.0276 e. The molecule has 0 N–H and O–H groups in total. The van der Waals surface area contributed by atoms with Gasteiger partial charge in [0.15, 0.2) is 0 Å². The summed E-state index contributed by atoms with van der Waals surface area (Å²) in [5, 5.41) is 0. The van der Waals surface area contributed by atoms with Crippen LogP contribution in [0.3, 0.4) is 0 Å². The predicted molar refractivity (Wildman–Crippen MR) is 45.1 cm³/mol. The van der Waals surface area contributed by atoms with Crippen molar-refractivity contribution in [3.63, 3.8) is 0 Å². The third kappa shape index (κ3) is 1.40. The minimum absolute atomic E-state index is 0.679. The van der Waals surface area contributed by atoms with Crippen LogP contribution in [-0.4, -0.2) is 24.5 Å². The van der Waals surface area contributed by atoms with E-state index in [2.05, 4.69) is 31.9 Å². The molecule has 0 aliphatic carbocycles. The summed E-state index contributed by atoms with van der Waals surface area (Å²) >= 11 is 0. The van der Waals surface area contributed by atoms with E-state index < -0.39 is 0 Å². The van der Waals surface area contributed by atoms with E-state index in [4.69, 9.17) is 0 Å². The van der Waals surface area contributed by atoms with Crippen LogP contribution in [0, 0.1) is 0 Å². The van der Waals surface area contributed by atoms with Gasteiger partial charge in [0.25, 0.3) is 0 Å². The summed E-state index contributed by atoms with van der Waals surface area (Å²) in [5.74, 6) is 0. The molecular weight excluding hydrogens is 122 g/mol. The van der Waals surface area contributed by atoms with Gasteiger partial charge in [-0.2, -0.15) is 0 Å². The van der Waals surface area contributed by atoms with Crippen molar-refractivity contribution in [3.05, 3.63) is 11.6 Å². The SMILES string of the molecule is CCC1=CCCN(C)C1C. The first-order chi connectivity index (χ1) is 4.75. The first-order valence-electron chi connectivity index (χ1n) is 4.15. The van der Waals surface area contributed by atoms with Crippen molar-refractivity contribution in [2.45, 2.75) is 32.7 Å². The second-order valence-corrected chi connectivity index (χ2v) is 3.08. The zero-order valence-electron chi connectivity index (χ0n) is 7.22. The minimum Gasteiger partial charge on any atom is -0.300 e. The Labute approximate surface area is 63.7 Å². The van der Waals surface area contributed by atoms with Gasteiger partial charge in [0, 0.05) is 12.6 Å². The van der Waals surface area contributed by atoms with Crippen LogP contribution in [0.1, 0.15) is 26.7 Å². The second-order valence-electron chi connectivity index (χ2n) is 3.08. The zero-order chi connectivity index (χ0) is 7.56. The maximum atomic E-state index is 2.42. The number of likely N-dealkylation sites (N-methyl/N-ethyl adjacent to an activating group) is 1. The van der Waals surface area contributed by atoms with Crippen molar-refractivity contribution < 1.29 is 0 Å². The minimum atomic E-state index is 0.679. The van der Waals surface area contributed by atoms with Crippen LogP contribution in [0.5, 0.6) is 0 Å². The van der Waals surface area contributed by atoms with Crippen LogP contribution < -0.4 is 0 Å². The first-order valence-corrected chi connectivity index (χ1v) is 4.15. The van der Waals surface area contributed by atoms with Crippen LogP contribution in [0.15, 0.2) is 11.6 Å². The van der Waals surface area contributed by atoms with Gasteiger partial charge < -0.3 is 0 Å². The molecule has 1 nitrogen and oxygen atoms in total. The molecule has 0 fully saturated rings. The van der Waals surface area contributed by atoms with E-state index in [1.807, 2.05) is 0 Å². The number of hydrogen-bond donors (Lipinski definition) is 0. The largest absolute Gasteiger partial charge is 0.300 e. The van der Waals surface area contributed by atoms with Gasteiger partial charge in [-0.1, -0.05) is 18.6 Å². The lowest BCUT2D eigenvalue weighted by molar-refractivity contribution is 0.274. The molecule has 1 heteroatoms. The van der Waals surface area contributed by atoms with Crippen LogP contribution >= 0.6 is 0 Å². The summed E-state index contributed by atoms with van der Waals surface area (Å²) in [5.41, 5.74) is 1.61. The van der Waals surface area contributed by atoms with Crippen LogP contribution in [-0.2, 0) is 0 Å². The van der Waals surface area contributed by atoms with E-state index in [1.165, 1.54) is 19.4 Å². The molecule has 58 valence electrons. The molecule has 0 aromatic rings. The van der Waals surface area contributed by atoms with E-state index in [0.29, 0.717) is 6.04 Å². The fraction of sp³-hybridized carbons (Fsp3) is 0.778. The summed E-state index contributed by atoms with van der Waals surface area (Å²) in [6.45, 7) is 5.75. The Morgan fingerprint density at radius 1 is 1.70 bits per heavy atom. The lowest BCUT2D eigenvalue weighted by Crippen LogP contribution is -2.34. The molecule has 0 amide bonds. The predicted octanol–water partition coefficient (Wildman–Crippen LogP) is 2.05. The molecule has 1 atom stereocenters. The van der Waals surface area contributed by atoms with Crippen LogP contribution in [0.2, 0.25) is 0 Å². The quantitative estimate of drug-likeness (QED) is 0.502. The van der Waals surface area contributed by atoms with E-state index in [9.17, 15) is 0 Å². The highest BCUT2D eigenvalue weighted by atomic mass is 15.1. The Morgan fingerprint density at radius 3 is 2.90 bits per heavy atom. The standard InChI is InChI=1S/C9H17N/c1-4-9-6-5-7-10(3)8(9)2/h6,8H,4-5,7H2,1-3H3. The molecule has 0 aromatic heterocycles. The van der Waals surface area contributed by atoms with Gasteiger partial charge in [-0.3, -0.25) is 4.90 Å². The Kier molecular flexibility index (Phi) is 2.50. The molecule has 0 spiro atoms. The highest BCUT2D eigenvalue weighted by Crippen LogP contribution is 2.17. The Balaban J connectivity index is 2.62. The first kappa shape index (κ1) is 7.80. The molecular formula is C9H17N. The lowest BCUT2D eigenvalue weighted by Gasteiger charge is -2.30. The average molecular weight is 139 g/mol. The summed E-state index contributed by atoms with van der Waals surface area (Å²) in [6, 6.07) is 0.679. The highest BCUT2D eigenvalue weighted by molar-refractivity contribution is 5.12. The van der Waals surface area contributed by atoms with Crippen molar-refractivity contribution in [1.29, 1.82) is 0 Å². The number of rotatable bonds is 1. The summed E-state index contributed by atoms with van der Waals surface area (Å²) < 4.78 is 0. The molecule has 0 bridgehead atoms. The van der Waals surface area contributed by atoms with Crippen molar-refractivity contribution in [2.24, 2.45) is 0 Å². The van der Waals surface area contributed by atoms with Gasteiger partial charge in [-0.05, 0) is 26.8 Å². The van der Waals surface area contributed by atoms with E-state index in [-0.39, 0.29) is 0 Å². The molecule has 1 heterocycles. The van der Waals surface area contributed by atoms with E-state index in [1.54, 1.807) is 5.57 Å². The van der Waals surface area contributed by atoms with Gasteiger partial charge in [0.05, 0.1) is 0 Å². The van der Waals surface area contributed by atoms with E-state index >= 15 is 0 Å². The van der Waals surface area contributed by atoms with Crippen molar-refractivity contribution in [3.8, 4) is 0 Å². The topological polar surface area (TPSA) is 3.24 Å². The fourth-order valence-electron chi connectivity index (χ4n) is 1.54. The normalized spacial score (nSPS) is 28.3. The molecule has 0 aromatic carbocycles. The Bertz CT molecular complexity index is 138. The molecule has 10 heavy (non-hydrogen) atoms. The van der Waals surface area contributed by atoms with Crippen LogP contribution in [0.4, 0.5) is 0 Å². The Hall–Kier alpha value is -0.300. The third-order valence-corrected chi connectivity index (χ3v) is 2.49. The molecule has 1 rings (SSSR count).